The number of ether oxygens (including phenoxy) is 1. The highest BCUT2D eigenvalue weighted by atomic mass is 32.2. The molecule has 1 N–H and O–H groups in total. The van der Waals surface area contributed by atoms with Crippen molar-refractivity contribution in [2.24, 2.45) is 17.8 Å². The minimum atomic E-state index is -0.203. The Morgan fingerprint density at radius 2 is 1.44 bits per heavy atom. The van der Waals surface area contributed by atoms with E-state index in [4.69, 9.17) is 4.74 Å². The van der Waals surface area contributed by atoms with E-state index in [1.54, 1.807) is 11.8 Å². The third-order valence-corrected chi connectivity index (χ3v) is 10.3. The van der Waals surface area contributed by atoms with Crippen molar-refractivity contribution in [3.63, 3.8) is 0 Å². The van der Waals surface area contributed by atoms with E-state index in [2.05, 4.69) is 53.5 Å². The lowest BCUT2D eigenvalue weighted by Gasteiger charge is -2.61. The second-order valence-electron chi connectivity index (χ2n) is 12.3. The average Bonchev–Trinajstić information content (AvgIpc) is 2.95. The number of urea groups is 1. The minimum Gasteiger partial charge on any atom is -0.466 e. The van der Waals surface area contributed by atoms with Crippen molar-refractivity contribution in [3.8, 4) is 0 Å². The molecule has 5 nitrogen and oxygen atoms in total. The molecule has 0 heterocycles. The maximum Gasteiger partial charge on any atom is 0.322 e. The van der Waals surface area contributed by atoms with Gasteiger partial charge in [0.15, 0.2) is 0 Å². The molecule has 41 heavy (non-hydrogen) atoms. The summed E-state index contributed by atoms with van der Waals surface area (Å²) in [6.45, 7) is 4.42. The van der Waals surface area contributed by atoms with Crippen LogP contribution in [-0.4, -0.2) is 29.0 Å². The molecule has 0 spiro atoms. The molecule has 4 fully saturated rings. The van der Waals surface area contributed by atoms with Crippen LogP contribution in [0.25, 0.3) is 0 Å². The molecule has 3 aromatic rings. The number of carbonyl (C=O) groups is 2. The largest absolute Gasteiger partial charge is 0.466 e. The highest BCUT2D eigenvalue weighted by Gasteiger charge is 2.55. The number of nitrogens with zero attached hydrogens (tertiary/aromatic N) is 1. The van der Waals surface area contributed by atoms with Crippen molar-refractivity contribution in [3.05, 3.63) is 90.0 Å². The third kappa shape index (κ3) is 6.18. The molecule has 3 aromatic carbocycles. The summed E-state index contributed by atoms with van der Waals surface area (Å²) < 4.78 is 5.04. The molecule has 0 aliphatic heterocycles. The molecule has 0 radical (unpaired) electrons. The summed E-state index contributed by atoms with van der Waals surface area (Å²) in [5.74, 6) is 2.07. The molecule has 1 atom stereocenters. The Bertz CT molecular complexity index is 1320. The molecule has 4 aliphatic rings. The predicted molar refractivity (Wildman–Crippen MR) is 164 cm³/mol. The summed E-state index contributed by atoms with van der Waals surface area (Å²) in [4.78, 5) is 30.3. The molecule has 7 rings (SSSR count). The summed E-state index contributed by atoms with van der Waals surface area (Å²) in [5, 5.41) is 3.28. The molecule has 0 saturated heterocycles. The van der Waals surface area contributed by atoms with Crippen LogP contribution in [0.2, 0.25) is 0 Å². The van der Waals surface area contributed by atoms with Crippen LogP contribution in [0.3, 0.4) is 0 Å². The lowest BCUT2D eigenvalue weighted by molar-refractivity contribution is -0.142. The van der Waals surface area contributed by atoms with Crippen molar-refractivity contribution in [1.82, 2.24) is 4.90 Å². The number of esters is 1. The Morgan fingerprint density at radius 1 is 0.878 bits per heavy atom. The number of anilines is 1. The second kappa shape index (κ2) is 11.9. The van der Waals surface area contributed by atoms with Crippen molar-refractivity contribution >= 4 is 29.4 Å². The van der Waals surface area contributed by atoms with Crippen LogP contribution in [0.4, 0.5) is 10.5 Å². The number of hydrogen-bond acceptors (Lipinski definition) is 4. The summed E-state index contributed by atoms with van der Waals surface area (Å²) in [6.07, 6.45) is 7.74. The smallest absolute Gasteiger partial charge is 0.322 e. The van der Waals surface area contributed by atoms with Crippen LogP contribution in [-0.2, 0) is 16.0 Å². The SMILES string of the molecule is CCOC(=O)Cc1ccc(Sc2ccc(NC(=O)N(C(C)c3ccccc3)C34CC5CC(CC(C5)C3)C4)cc2)cc1. The Labute approximate surface area is 248 Å². The quantitative estimate of drug-likeness (QED) is 0.263. The third-order valence-electron chi connectivity index (χ3n) is 9.32. The van der Waals surface area contributed by atoms with Gasteiger partial charge in [0, 0.05) is 21.0 Å². The number of nitrogens with one attached hydrogen (secondary N) is 1. The van der Waals surface area contributed by atoms with E-state index in [0.29, 0.717) is 6.61 Å². The monoisotopic (exact) mass is 568 g/mol. The van der Waals surface area contributed by atoms with Crippen LogP contribution >= 0.6 is 11.8 Å². The van der Waals surface area contributed by atoms with Crippen LogP contribution in [0.5, 0.6) is 0 Å². The fraction of sp³-hybridized carbons (Fsp3) is 0.429. The van der Waals surface area contributed by atoms with E-state index in [1.165, 1.54) is 24.8 Å². The van der Waals surface area contributed by atoms with Crippen LogP contribution in [0.15, 0.2) is 88.7 Å². The Balaban J connectivity index is 1.15. The maximum absolute atomic E-state index is 14.1. The zero-order chi connectivity index (χ0) is 28.4. The molecular weight excluding hydrogens is 528 g/mol. The van der Waals surface area contributed by atoms with E-state index in [9.17, 15) is 9.59 Å². The van der Waals surface area contributed by atoms with Crippen molar-refractivity contribution in [1.29, 1.82) is 0 Å². The first kappa shape index (κ1) is 27.9. The lowest BCUT2D eigenvalue weighted by atomic mass is 9.52. The Hall–Kier alpha value is -3.25. The maximum atomic E-state index is 14.1. The molecular formula is C35H40N2O3S. The molecule has 2 amide bonds. The van der Waals surface area contributed by atoms with Crippen molar-refractivity contribution < 1.29 is 14.3 Å². The highest BCUT2D eigenvalue weighted by molar-refractivity contribution is 7.99. The van der Waals surface area contributed by atoms with Crippen LogP contribution in [0.1, 0.15) is 69.5 Å². The van der Waals surface area contributed by atoms with Gasteiger partial charge in [-0.2, -0.15) is 0 Å². The molecule has 4 saturated carbocycles. The van der Waals surface area contributed by atoms with E-state index in [1.807, 2.05) is 49.4 Å². The van der Waals surface area contributed by atoms with Gasteiger partial charge in [0.05, 0.1) is 19.1 Å². The Morgan fingerprint density at radius 3 is 2.00 bits per heavy atom. The Kier molecular flexibility index (Phi) is 8.12. The van der Waals surface area contributed by atoms with Gasteiger partial charge < -0.3 is 15.0 Å². The summed E-state index contributed by atoms with van der Waals surface area (Å²) in [7, 11) is 0. The minimum absolute atomic E-state index is 0.00841. The summed E-state index contributed by atoms with van der Waals surface area (Å²) >= 11 is 1.66. The number of benzene rings is 3. The summed E-state index contributed by atoms with van der Waals surface area (Å²) in [6, 6.07) is 26.7. The predicted octanol–water partition coefficient (Wildman–Crippen LogP) is 8.51. The van der Waals surface area contributed by atoms with E-state index >= 15 is 0 Å². The van der Waals surface area contributed by atoms with Gasteiger partial charge in [-0.05, 0) is 118 Å². The lowest BCUT2D eigenvalue weighted by Crippen LogP contribution is -2.62. The zero-order valence-electron chi connectivity index (χ0n) is 24.1. The van der Waals surface area contributed by atoms with E-state index in [-0.39, 0.29) is 30.0 Å². The number of amides is 2. The zero-order valence-corrected chi connectivity index (χ0v) is 24.9. The average molecular weight is 569 g/mol. The fourth-order valence-corrected chi connectivity index (χ4v) is 8.84. The molecule has 0 aromatic heterocycles. The van der Waals surface area contributed by atoms with Gasteiger partial charge in [-0.3, -0.25) is 4.79 Å². The van der Waals surface area contributed by atoms with Crippen molar-refractivity contribution in [2.75, 3.05) is 11.9 Å². The fourth-order valence-electron chi connectivity index (χ4n) is 8.02. The first-order chi connectivity index (χ1) is 19.9. The van der Waals surface area contributed by atoms with Crippen LogP contribution in [0, 0.1) is 17.8 Å². The standard InChI is InChI=1S/C35H40N2O3S/c1-3-40-33(38)20-25-9-13-31(14-10-25)41-32-15-11-30(12-16-32)36-34(39)37(24(2)29-7-5-4-6-8-29)35-21-26-17-27(22-35)19-28(18-26)23-35/h4-16,24,26-28H,3,17-23H2,1-2H3,(H,36,39). The van der Waals surface area contributed by atoms with Gasteiger partial charge >= 0.3 is 12.0 Å². The number of hydrogen-bond donors (Lipinski definition) is 1. The van der Waals surface area contributed by atoms with Crippen LogP contribution < -0.4 is 5.32 Å². The van der Waals surface area contributed by atoms with Gasteiger partial charge in [0.2, 0.25) is 0 Å². The van der Waals surface area contributed by atoms with Gasteiger partial charge in [-0.1, -0.05) is 54.2 Å². The first-order valence-corrected chi connectivity index (χ1v) is 15.9. The normalized spacial score (nSPS) is 25.0. The first-order valence-electron chi connectivity index (χ1n) is 15.1. The van der Waals surface area contributed by atoms with Gasteiger partial charge in [-0.25, -0.2) is 4.79 Å². The number of carbonyl (C=O) groups excluding carboxylic acids is 2. The van der Waals surface area contributed by atoms with E-state index in [0.717, 1.165) is 58.1 Å². The van der Waals surface area contributed by atoms with E-state index < -0.39 is 0 Å². The molecule has 1 unspecified atom stereocenters. The van der Waals surface area contributed by atoms with Gasteiger partial charge in [0.25, 0.3) is 0 Å². The molecule has 214 valence electrons. The number of rotatable bonds is 9. The van der Waals surface area contributed by atoms with Gasteiger partial charge in [-0.15, -0.1) is 0 Å². The summed E-state index contributed by atoms with van der Waals surface area (Å²) in [5.41, 5.74) is 2.90. The molecule has 4 aliphatic carbocycles. The molecule has 4 bridgehead atoms. The molecule has 6 heteroatoms. The topological polar surface area (TPSA) is 58.6 Å². The highest BCUT2D eigenvalue weighted by Crippen LogP contribution is 2.59. The van der Waals surface area contributed by atoms with Gasteiger partial charge in [0.1, 0.15) is 0 Å². The second-order valence-corrected chi connectivity index (χ2v) is 13.4. The van der Waals surface area contributed by atoms with Crippen molar-refractivity contribution in [2.45, 2.75) is 80.2 Å².